The zero-order chi connectivity index (χ0) is 14.1. The molecular formula is C17H25NO3. The minimum absolute atomic E-state index is 0.230. The van der Waals surface area contributed by atoms with E-state index in [1.165, 1.54) is 24.8 Å². The predicted octanol–water partition coefficient (Wildman–Crippen LogP) is 2.54. The van der Waals surface area contributed by atoms with Crippen LogP contribution in [0.2, 0.25) is 0 Å². The quantitative estimate of drug-likeness (QED) is 0.807. The molecule has 0 N–H and O–H groups in total. The van der Waals surface area contributed by atoms with Crippen LogP contribution in [0.4, 0.5) is 0 Å². The fourth-order valence-corrected chi connectivity index (χ4v) is 4.00. The Balaban J connectivity index is 1.33. The van der Waals surface area contributed by atoms with Crippen molar-refractivity contribution in [1.29, 1.82) is 0 Å². The summed E-state index contributed by atoms with van der Waals surface area (Å²) < 4.78 is 17.0. The summed E-state index contributed by atoms with van der Waals surface area (Å²) in [6.07, 6.45) is 7.72. The van der Waals surface area contributed by atoms with Crippen LogP contribution >= 0.6 is 0 Å². The first kappa shape index (κ1) is 13.8. The molecule has 3 aliphatic rings. The Morgan fingerprint density at radius 1 is 1.38 bits per heavy atom. The summed E-state index contributed by atoms with van der Waals surface area (Å²) in [5.74, 6) is 1.45. The van der Waals surface area contributed by atoms with Gasteiger partial charge in [-0.25, -0.2) is 0 Å². The Morgan fingerprint density at radius 3 is 3.10 bits per heavy atom. The van der Waals surface area contributed by atoms with E-state index in [0.29, 0.717) is 5.92 Å². The minimum Gasteiger partial charge on any atom is -0.472 e. The van der Waals surface area contributed by atoms with Crippen LogP contribution in [-0.4, -0.2) is 44.4 Å². The van der Waals surface area contributed by atoms with Crippen molar-refractivity contribution in [3.05, 3.63) is 24.2 Å². The van der Waals surface area contributed by atoms with E-state index in [1.807, 2.05) is 6.26 Å². The Labute approximate surface area is 126 Å². The van der Waals surface area contributed by atoms with Crippen molar-refractivity contribution in [1.82, 2.24) is 4.90 Å². The van der Waals surface area contributed by atoms with Gasteiger partial charge in [0.15, 0.2) is 0 Å². The number of nitrogens with zero attached hydrogens (tertiary/aromatic N) is 1. The van der Waals surface area contributed by atoms with Gasteiger partial charge in [-0.15, -0.1) is 0 Å². The first-order valence-electron chi connectivity index (χ1n) is 8.23. The number of rotatable bonds is 6. The fourth-order valence-electron chi connectivity index (χ4n) is 4.00. The summed E-state index contributed by atoms with van der Waals surface area (Å²) >= 11 is 0. The van der Waals surface area contributed by atoms with E-state index < -0.39 is 0 Å². The van der Waals surface area contributed by atoms with Crippen LogP contribution in [0.15, 0.2) is 23.0 Å². The molecule has 0 unspecified atom stereocenters. The number of fused-ring (bicyclic) bond motifs is 1. The molecule has 116 valence electrons. The molecule has 1 aromatic rings. The molecule has 0 radical (unpaired) electrons. The van der Waals surface area contributed by atoms with Gasteiger partial charge in [0, 0.05) is 43.1 Å². The summed E-state index contributed by atoms with van der Waals surface area (Å²) in [6.45, 7) is 6.79. The third kappa shape index (κ3) is 2.77. The standard InChI is InChI=1S/C17H25NO3/c1-2-14(3-1)8-20-12-17-11-18(6-15-4-5-19-9-15)7-16(17)10-21-13-17/h4-5,9,14,16H,1-3,6-8,10-13H2/t16-,17-/m0/s1. The van der Waals surface area contributed by atoms with Crippen molar-refractivity contribution >= 4 is 0 Å². The van der Waals surface area contributed by atoms with E-state index >= 15 is 0 Å². The molecule has 3 fully saturated rings. The Morgan fingerprint density at radius 2 is 2.33 bits per heavy atom. The van der Waals surface area contributed by atoms with E-state index in [9.17, 15) is 0 Å². The molecule has 4 heteroatoms. The molecule has 0 amide bonds. The van der Waals surface area contributed by atoms with Crippen LogP contribution < -0.4 is 0 Å². The fraction of sp³-hybridized carbons (Fsp3) is 0.765. The van der Waals surface area contributed by atoms with Gasteiger partial charge in [0.2, 0.25) is 0 Å². The smallest absolute Gasteiger partial charge is 0.0947 e. The number of ether oxygens (including phenoxy) is 2. The maximum absolute atomic E-state index is 6.08. The van der Waals surface area contributed by atoms with Gasteiger partial charge in [-0.05, 0) is 24.8 Å². The van der Waals surface area contributed by atoms with E-state index in [2.05, 4.69) is 11.0 Å². The molecule has 2 atom stereocenters. The highest BCUT2D eigenvalue weighted by Crippen LogP contribution is 2.42. The van der Waals surface area contributed by atoms with Crippen LogP contribution in [0.25, 0.3) is 0 Å². The number of hydrogen-bond acceptors (Lipinski definition) is 4. The molecule has 1 aromatic heterocycles. The SMILES string of the molecule is c1cc(CN2C[C@H]3COC[C@@]3(COCC3CCC3)C2)co1. The average Bonchev–Trinajstić information content (AvgIpc) is 3.08. The Bertz CT molecular complexity index is 457. The third-order valence-electron chi connectivity index (χ3n) is 5.55. The number of likely N-dealkylation sites (tertiary alicyclic amines) is 1. The van der Waals surface area contributed by atoms with Crippen molar-refractivity contribution in [2.24, 2.45) is 17.3 Å². The summed E-state index contributed by atoms with van der Waals surface area (Å²) in [4.78, 5) is 2.53. The number of furan rings is 1. The van der Waals surface area contributed by atoms with Crippen molar-refractivity contribution in [3.63, 3.8) is 0 Å². The summed E-state index contributed by atoms with van der Waals surface area (Å²) in [7, 11) is 0. The molecule has 3 heterocycles. The molecule has 1 aliphatic carbocycles. The summed E-state index contributed by atoms with van der Waals surface area (Å²) in [5.41, 5.74) is 1.49. The largest absolute Gasteiger partial charge is 0.472 e. The molecule has 2 aliphatic heterocycles. The molecule has 0 bridgehead atoms. The molecule has 4 nitrogen and oxygen atoms in total. The summed E-state index contributed by atoms with van der Waals surface area (Å²) in [6, 6.07) is 2.06. The van der Waals surface area contributed by atoms with Gasteiger partial charge in [-0.2, -0.15) is 0 Å². The van der Waals surface area contributed by atoms with Crippen molar-refractivity contribution in [3.8, 4) is 0 Å². The lowest BCUT2D eigenvalue weighted by Crippen LogP contribution is -2.36. The van der Waals surface area contributed by atoms with Gasteiger partial charge >= 0.3 is 0 Å². The second-order valence-corrected chi connectivity index (χ2v) is 7.19. The maximum atomic E-state index is 6.08. The maximum Gasteiger partial charge on any atom is 0.0947 e. The lowest BCUT2D eigenvalue weighted by molar-refractivity contribution is -0.000859. The van der Waals surface area contributed by atoms with Crippen molar-refractivity contribution < 1.29 is 13.9 Å². The second kappa shape index (κ2) is 5.75. The highest BCUT2D eigenvalue weighted by molar-refractivity contribution is 5.08. The van der Waals surface area contributed by atoms with E-state index in [-0.39, 0.29) is 5.41 Å². The van der Waals surface area contributed by atoms with Crippen molar-refractivity contribution in [2.45, 2.75) is 25.8 Å². The van der Waals surface area contributed by atoms with Gasteiger partial charge in [-0.3, -0.25) is 4.90 Å². The van der Waals surface area contributed by atoms with E-state index in [0.717, 1.165) is 52.0 Å². The van der Waals surface area contributed by atoms with Crippen LogP contribution in [-0.2, 0) is 16.0 Å². The second-order valence-electron chi connectivity index (χ2n) is 7.19. The van der Waals surface area contributed by atoms with E-state index in [1.54, 1.807) is 6.26 Å². The summed E-state index contributed by atoms with van der Waals surface area (Å²) in [5, 5.41) is 0. The molecule has 4 rings (SSSR count). The molecular weight excluding hydrogens is 266 g/mol. The van der Waals surface area contributed by atoms with Gasteiger partial charge in [-0.1, -0.05) is 6.42 Å². The zero-order valence-electron chi connectivity index (χ0n) is 12.6. The topological polar surface area (TPSA) is 34.8 Å². The first-order valence-corrected chi connectivity index (χ1v) is 8.23. The Hall–Kier alpha value is -0.840. The zero-order valence-corrected chi connectivity index (χ0v) is 12.6. The normalized spacial score (nSPS) is 33.2. The van der Waals surface area contributed by atoms with Gasteiger partial charge < -0.3 is 13.9 Å². The lowest BCUT2D eigenvalue weighted by Gasteiger charge is -2.30. The van der Waals surface area contributed by atoms with Crippen LogP contribution in [0.5, 0.6) is 0 Å². The van der Waals surface area contributed by atoms with Crippen molar-refractivity contribution in [2.75, 3.05) is 39.5 Å². The van der Waals surface area contributed by atoms with Crippen LogP contribution in [0.1, 0.15) is 24.8 Å². The molecule has 1 saturated carbocycles. The molecule has 21 heavy (non-hydrogen) atoms. The monoisotopic (exact) mass is 291 g/mol. The van der Waals surface area contributed by atoms with Crippen LogP contribution in [0.3, 0.4) is 0 Å². The highest BCUT2D eigenvalue weighted by atomic mass is 16.5. The molecule has 2 saturated heterocycles. The lowest BCUT2D eigenvalue weighted by atomic mass is 9.81. The molecule has 0 spiro atoms. The average molecular weight is 291 g/mol. The Kier molecular flexibility index (Phi) is 3.78. The first-order chi connectivity index (χ1) is 10.3. The predicted molar refractivity (Wildman–Crippen MR) is 78.9 cm³/mol. The highest BCUT2D eigenvalue weighted by Gasteiger charge is 2.50. The van der Waals surface area contributed by atoms with Gasteiger partial charge in [0.25, 0.3) is 0 Å². The number of hydrogen-bond donors (Lipinski definition) is 0. The van der Waals surface area contributed by atoms with Gasteiger partial charge in [0.1, 0.15) is 0 Å². The van der Waals surface area contributed by atoms with E-state index in [4.69, 9.17) is 13.9 Å². The van der Waals surface area contributed by atoms with Crippen LogP contribution in [0, 0.1) is 17.3 Å². The minimum atomic E-state index is 0.230. The molecule has 0 aromatic carbocycles. The third-order valence-corrected chi connectivity index (χ3v) is 5.55. The van der Waals surface area contributed by atoms with Gasteiger partial charge in [0.05, 0.1) is 32.3 Å².